The van der Waals surface area contributed by atoms with E-state index in [4.69, 9.17) is 4.74 Å². The van der Waals surface area contributed by atoms with Crippen LogP contribution in [0.25, 0.3) is 0 Å². The monoisotopic (exact) mass is 213 g/mol. The molecule has 0 aliphatic heterocycles. The van der Waals surface area contributed by atoms with E-state index in [1.807, 2.05) is 26.0 Å². The number of hydrogen-bond donors (Lipinski definition) is 0. The quantitative estimate of drug-likeness (QED) is 0.609. The van der Waals surface area contributed by atoms with Gasteiger partial charge in [-0.2, -0.15) is 0 Å². The highest BCUT2D eigenvalue weighted by Crippen LogP contribution is 2.08. The molecule has 0 aliphatic rings. The molecule has 7 heteroatoms. The number of para-hydroxylation sites is 1. The molecule has 5 nitrogen and oxygen atoms in total. The van der Waals surface area contributed by atoms with Crippen LogP contribution in [0, 0.1) is 0 Å². The summed E-state index contributed by atoms with van der Waals surface area (Å²) in [6.45, 7) is 0. The van der Waals surface area contributed by atoms with Gasteiger partial charge in [0, 0.05) is 11.8 Å². The Hall–Kier alpha value is -2.04. The Kier molecular flexibility index (Phi) is 3.05. The highest BCUT2D eigenvalue weighted by molar-refractivity contribution is 6.70. The molecule has 2 rings (SSSR count). The first-order valence-corrected chi connectivity index (χ1v) is 4.86. The van der Waals surface area contributed by atoms with E-state index in [-0.39, 0.29) is 13.3 Å². The molecular formula is C9H9B2N3O2. The molecule has 78 valence electrons. The van der Waals surface area contributed by atoms with Crippen LogP contribution in [-0.2, 0) is 0 Å². The fourth-order valence-corrected chi connectivity index (χ4v) is 1.26. The van der Waals surface area contributed by atoms with Crippen LogP contribution in [-0.4, -0.2) is 36.0 Å². The molecular weight excluding hydrogens is 204 g/mol. The van der Waals surface area contributed by atoms with Gasteiger partial charge >= 0.3 is 7.41 Å². The first-order chi connectivity index (χ1) is 7.74. The molecule has 0 aliphatic carbocycles. The summed E-state index contributed by atoms with van der Waals surface area (Å²) in [6, 6.07) is 8.93. The molecule has 1 heterocycles. The predicted octanol–water partition coefficient (Wildman–Crippen LogP) is -1.06. The fourth-order valence-electron chi connectivity index (χ4n) is 1.26. The lowest BCUT2D eigenvalue weighted by Gasteiger charge is -2.02. The minimum Gasteiger partial charge on any atom is -0.433 e. The first-order valence-electron chi connectivity index (χ1n) is 4.86. The third-order valence-corrected chi connectivity index (χ3v) is 1.92. The van der Waals surface area contributed by atoms with Gasteiger partial charge in [0.2, 0.25) is 0 Å². The number of hydrogen-bond acceptors (Lipinski definition) is 4. The average Bonchev–Trinajstić information content (AvgIpc) is 2.65. The van der Waals surface area contributed by atoms with E-state index in [2.05, 4.69) is 10.3 Å². The Balaban J connectivity index is 1.95. The molecule has 2 aromatic rings. The summed E-state index contributed by atoms with van der Waals surface area (Å²) in [6.07, 6.45) is 1.69. The van der Waals surface area contributed by atoms with Crippen molar-refractivity contribution in [1.29, 1.82) is 0 Å². The SMILES string of the molecule is Bc1cn(BC(=O)Oc2ccccc2)nn1. The first kappa shape index (κ1) is 10.5. The van der Waals surface area contributed by atoms with Crippen molar-refractivity contribution in [2.24, 2.45) is 0 Å². The zero-order chi connectivity index (χ0) is 11.4. The zero-order valence-electron chi connectivity index (χ0n) is 8.83. The van der Waals surface area contributed by atoms with Crippen molar-refractivity contribution in [3.8, 4) is 5.75 Å². The molecule has 0 spiro atoms. The number of aromatic nitrogens is 3. The van der Waals surface area contributed by atoms with E-state index in [0.29, 0.717) is 5.75 Å². The Morgan fingerprint density at radius 3 is 2.75 bits per heavy atom. The van der Waals surface area contributed by atoms with Crippen molar-refractivity contribution < 1.29 is 9.53 Å². The summed E-state index contributed by atoms with van der Waals surface area (Å²) in [4.78, 5) is 11.5. The second-order valence-corrected chi connectivity index (χ2v) is 3.34. The molecule has 0 saturated heterocycles. The van der Waals surface area contributed by atoms with Gasteiger partial charge in [0.25, 0.3) is 5.87 Å². The lowest BCUT2D eigenvalue weighted by Crippen LogP contribution is -2.22. The van der Waals surface area contributed by atoms with Crippen molar-refractivity contribution in [3.63, 3.8) is 0 Å². The Labute approximate surface area is 94.1 Å². The van der Waals surface area contributed by atoms with Gasteiger partial charge < -0.3 is 4.74 Å². The van der Waals surface area contributed by atoms with Crippen LogP contribution in [0.2, 0.25) is 0 Å². The molecule has 0 fully saturated rings. The number of rotatable bonds is 3. The van der Waals surface area contributed by atoms with E-state index in [0.717, 1.165) is 5.59 Å². The third kappa shape index (κ3) is 2.73. The summed E-state index contributed by atoms with van der Waals surface area (Å²) >= 11 is 0. The molecule has 0 radical (unpaired) electrons. The number of carbonyl (C=O) groups is 1. The Morgan fingerprint density at radius 2 is 2.12 bits per heavy atom. The van der Waals surface area contributed by atoms with Crippen molar-refractivity contribution in [2.75, 3.05) is 0 Å². The maximum atomic E-state index is 11.5. The molecule has 0 N–H and O–H groups in total. The topological polar surface area (TPSA) is 57.0 Å². The van der Waals surface area contributed by atoms with Crippen LogP contribution in [0.5, 0.6) is 5.75 Å². The summed E-state index contributed by atoms with van der Waals surface area (Å²) in [7, 11) is 1.88. The minimum absolute atomic E-state index is 0.0652. The zero-order valence-corrected chi connectivity index (χ0v) is 8.83. The largest absolute Gasteiger partial charge is 0.433 e. The lowest BCUT2D eigenvalue weighted by molar-refractivity contribution is 0.224. The average molecular weight is 213 g/mol. The van der Waals surface area contributed by atoms with Gasteiger partial charge in [-0.3, -0.25) is 9.39 Å². The van der Waals surface area contributed by atoms with Crippen molar-refractivity contribution >= 4 is 26.7 Å². The van der Waals surface area contributed by atoms with Gasteiger partial charge in [0.1, 0.15) is 5.75 Å². The molecule has 0 saturated carbocycles. The van der Waals surface area contributed by atoms with Crippen LogP contribution >= 0.6 is 0 Å². The van der Waals surface area contributed by atoms with E-state index >= 15 is 0 Å². The second kappa shape index (κ2) is 4.65. The molecule has 1 aromatic heterocycles. The normalized spacial score (nSPS) is 9.75. The lowest BCUT2D eigenvalue weighted by atomic mass is 9.95. The van der Waals surface area contributed by atoms with Gasteiger partial charge in [0.15, 0.2) is 7.85 Å². The molecule has 1 aromatic carbocycles. The standard InChI is InChI=1S/C9H9B2N3O2/c10-8-6-14(13-12-8)11-9(15)16-7-4-2-1-3-5-7/h1-6,11H,10H2. The molecule has 0 unspecified atom stereocenters. The second-order valence-electron chi connectivity index (χ2n) is 3.34. The third-order valence-electron chi connectivity index (χ3n) is 1.92. The molecule has 0 bridgehead atoms. The highest BCUT2D eigenvalue weighted by atomic mass is 16.5. The van der Waals surface area contributed by atoms with Gasteiger partial charge in [-0.1, -0.05) is 23.4 Å². The number of ether oxygens (including phenoxy) is 1. The van der Waals surface area contributed by atoms with E-state index in [1.165, 1.54) is 4.59 Å². The van der Waals surface area contributed by atoms with E-state index in [9.17, 15) is 4.79 Å². The summed E-state index contributed by atoms with van der Waals surface area (Å²) in [5.74, 6) is 0.167. The Morgan fingerprint density at radius 1 is 1.38 bits per heavy atom. The van der Waals surface area contributed by atoms with Crippen molar-refractivity contribution in [3.05, 3.63) is 36.5 Å². The Bertz CT molecular complexity index is 487. The van der Waals surface area contributed by atoms with Crippen molar-refractivity contribution in [1.82, 2.24) is 14.9 Å². The van der Waals surface area contributed by atoms with Crippen LogP contribution < -0.4 is 10.3 Å². The smallest absolute Gasteiger partial charge is 0.398 e. The number of benzene rings is 1. The number of nitrogens with zero attached hydrogens (tertiary/aromatic N) is 3. The predicted molar refractivity (Wildman–Crippen MR) is 63.2 cm³/mol. The van der Waals surface area contributed by atoms with E-state index in [1.54, 1.807) is 18.3 Å². The van der Waals surface area contributed by atoms with Crippen molar-refractivity contribution in [2.45, 2.75) is 0 Å². The van der Waals surface area contributed by atoms with E-state index < -0.39 is 0 Å². The van der Waals surface area contributed by atoms with Gasteiger partial charge in [-0.05, 0) is 12.1 Å². The summed E-state index contributed by atoms with van der Waals surface area (Å²) < 4.78 is 6.55. The van der Waals surface area contributed by atoms with Gasteiger partial charge in [0.05, 0.1) is 0 Å². The maximum Gasteiger partial charge on any atom is 0.398 e. The highest BCUT2D eigenvalue weighted by Gasteiger charge is 2.10. The van der Waals surface area contributed by atoms with Crippen LogP contribution in [0.3, 0.4) is 0 Å². The molecule has 0 amide bonds. The summed E-state index contributed by atoms with van der Waals surface area (Å²) in [5, 5.41) is 7.55. The van der Waals surface area contributed by atoms with Crippen LogP contribution in [0.1, 0.15) is 0 Å². The summed E-state index contributed by atoms with van der Waals surface area (Å²) in [5.41, 5.74) is 0.771. The minimum atomic E-state index is -0.365. The van der Waals surface area contributed by atoms with Gasteiger partial charge in [-0.15, -0.1) is 5.10 Å². The van der Waals surface area contributed by atoms with Crippen LogP contribution in [0.15, 0.2) is 36.5 Å². The molecule has 16 heavy (non-hydrogen) atoms. The fraction of sp³-hybridized carbons (Fsp3) is 0. The maximum absolute atomic E-state index is 11.5. The van der Waals surface area contributed by atoms with Gasteiger partial charge in [-0.25, -0.2) is 0 Å². The molecule has 0 atom stereocenters. The number of carbonyl (C=O) groups excluding carboxylic acids is 1. The van der Waals surface area contributed by atoms with Crippen LogP contribution in [0.4, 0.5) is 4.79 Å².